The molecule has 2 aliphatic heterocycles. The third-order valence-electron chi connectivity index (χ3n) is 10.4. The van der Waals surface area contributed by atoms with Gasteiger partial charge in [0.15, 0.2) is 0 Å². The van der Waals surface area contributed by atoms with Crippen molar-refractivity contribution in [1.82, 2.24) is 15.5 Å². The van der Waals surface area contributed by atoms with Gasteiger partial charge in [-0.3, -0.25) is 9.80 Å². The molecule has 4 aliphatic rings. The molecule has 6 atom stereocenters. The highest BCUT2D eigenvalue weighted by atomic mass is 16.6. The minimum atomic E-state index is -0.562. The van der Waals surface area contributed by atoms with Crippen molar-refractivity contribution < 1.29 is 28.7 Å². The van der Waals surface area contributed by atoms with Crippen molar-refractivity contribution >= 4 is 36.1 Å². The molecular weight excluding hydrogens is 713 g/mol. The van der Waals surface area contributed by atoms with Gasteiger partial charge in [-0.25, -0.2) is 43.9 Å². The zero-order valence-electron chi connectivity index (χ0n) is 33.7. The van der Waals surface area contributed by atoms with Gasteiger partial charge in [-0.15, -0.1) is 0 Å². The molecule has 6 rings (SSSR count). The number of benzene rings is 2. The Morgan fingerprint density at radius 1 is 0.714 bits per heavy atom. The van der Waals surface area contributed by atoms with Crippen molar-refractivity contribution in [1.29, 1.82) is 0 Å². The number of amides is 1. The lowest BCUT2D eigenvalue weighted by Gasteiger charge is -2.32. The molecule has 14 nitrogen and oxygen atoms in total. The summed E-state index contributed by atoms with van der Waals surface area (Å²) < 4.78 is 5.44. The lowest BCUT2D eigenvalue weighted by Crippen LogP contribution is -2.42. The van der Waals surface area contributed by atoms with Gasteiger partial charge in [-0.2, -0.15) is 0 Å². The molecule has 14 heteroatoms. The van der Waals surface area contributed by atoms with Gasteiger partial charge in [0.25, 0.3) is 0 Å². The maximum absolute atomic E-state index is 12.4. The first kappa shape index (κ1) is 45.5. The SMILES string of the molecule is CC(C)(C)OC(=O)N1c2ccccc2CC1CN=C=O.CN1Cc2ccccc2CC1CN=C=O.CNC1CCCC1N=C=O.CNC1CCCCC1N=C=O. The molecule has 2 fully saturated rings. The van der Waals surface area contributed by atoms with Gasteiger partial charge in [-0.1, -0.05) is 55.3 Å². The van der Waals surface area contributed by atoms with E-state index in [-0.39, 0.29) is 24.7 Å². The van der Waals surface area contributed by atoms with E-state index in [0.717, 1.165) is 49.9 Å². The number of likely N-dealkylation sites (N-methyl/N-ethyl adjacent to an activating group) is 3. The minimum absolute atomic E-state index is 0.172. The van der Waals surface area contributed by atoms with Crippen LogP contribution in [0.2, 0.25) is 0 Å². The van der Waals surface area contributed by atoms with Crippen molar-refractivity contribution in [3.05, 3.63) is 65.2 Å². The maximum atomic E-state index is 12.4. The smallest absolute Gasteiger partial charge is 0.415 e. The van der Waals surface area contributed by atoms with Crippen LogP contribution in [0.5, 0.6) is 0 Å². The van der Waals surface area contributed by atoms with Gasteiger partial charge >= 0.3 is 6.09 Å². The van der Waals surface area contributed by atoms with Crippen LogP contribution in [0.4, 0.5) is 10.5 Å². The van der Waals surface area contributed by atoms with Crippen LogP contribution in [0.25, 0.3) is 0 Å². The summed E-state index contributed by atoms with van der Waals surface area (Å²) in [6, 6.07) is 17.4. The summed E-state index contributed by atoms with van der Waals surface area (Å²) in [5.74, 6) is 0. The molecule has 0 spiro atoms. The second kappa shape index (κ2) is 23.9. The van der Waals surface area contributed by atoms with Crippen LogP contribution >= 0.6 is 0 Å². The summed E-state index contributed by atoms with van der Waals surface area (Å²) in [7, 11) is 5.90. The Hall–Kier alpha value is -4.89. The highest BCUT2D eigenvalue weighted by Crippen LogP contribution is 2.33. The molecule has 302 valence electrons. The number of isocyanates is 4. The van der Waals surface area contributed by atoms with Crippen LogP contribution in [-0.4, -0.2) is 111 Å². The summed E-state index contributed by atoms with van der Waals surface area (Å²) >= 11 is 0. The van der Waals surface area contributed by atoms with Gasteiger partial charge in [0.2, 0.25) is 24.3 Å². The lowest BCUT2D eigenvalue weighted by atomic mass is 9.91. The number of hydrogen-bond acceptors (Lipinski definition) is 13. The Morgan fingerprint density at radius 3 is 1.79 bits per heavy atom. The van der Waals surface area contributed by atoms with Crippen LogP contribution in [0.3, 0.4) is 0 Å². The molecule has 0 aromatic heterocycles. The molecule has 2 N–H and O–H groups in total. The Morgan fingerprint density at radius 2 is 1.21 bits per heavy atom. The molecule has 56 heavy (non-hydrogen) atoms. The standard InChI is InChI=1S/C15H18N2O3.C12H14N2O.C8H14N2O.C7H12N2O/c1-15(2,3)20-14(19)17-12(9-16-10-18)8-11-6-4-5-7-13(11)17;1-14-8-11-5-3-2-4-10(11)6-12(14)7-13-9-15;1-9-7-4-2-3-5-8(7)10-6-11;1-8-6-3-2-4-7(6)9-5-10/h4-7,12H,8-9H2,1-3H3;2-5,12H,6-8H2,1H3;7-9H,2-5H2,1H3;6-8H,2-4H2,1H3. The monoisotopic (exact) mass is 770 g/mol. The molecule has 1 amide bonds. The number of nitrogens with zero attached hydrogens (tertiary/aromatic N) is 6. The average Bonchev–Trinajstić information content (AvgIpc) is 3.81. The predicted molar refractivity (Wildman–Crippen MR) is 216 cm³/mol. The van der Waals surface area contributed by atoms with E-state index >= 15 is 0 Å². The fourth-order valence-electron chi connectivity index (χ4n) is 7.54. The van der Waals surface area contributed by atoms with Gasteiger partial charge in [0, 0.05) is 24.7 Å². The van der Waals surface area contributed by atoms with Crippen LogP contribution < -0.4 is 15.5 Å². The quantitative estimate of drug-likeness (QED) is 0.264. The van der Waals surface area contributed by atoms with E-state index in [2.05, 4.69) is 66.8 Å². The number of rotatable bonds is 8. The Bertz CT molecular complexity index is 1740. The van der Waals surface area contributed by atoms with Crippen molar-refractivity contribution in [2.45, 2.75) is 127 Å². The molecule has 6 unspecified atom stereocenters. The molecule has 2 saturated carbocycles. The molecule has 0 radical (unpaired) electrons. The van der Waals surface area contributed by atoms with Crippen LogP contribution in [-0.2, 0) is 43.3 Å². The van der Waals surface area contributed by atoms with Crippen molar-refractivity contribution in [2.75, 3.05) is 39.1 Å². The fourth-order valence-corrected chi connectivity index (χ4v) is 7.54. The highest BCUT2D eigenvalue weighted by Gasteiger charge is 2.36. The molecular formula is C42H58N8O6. The predicted octanol–water partition coefficient (Wildman–Crippen LogP) is 5.38. The third-order valence-corrected chi connectivity index (χ3v) is 10.4. The zero-order valence-corrected chi connectivity index (χ0v) is 33.7. The first-order valence-electron chi connectivity index (χ1n) is 19.4. The molecule has 0 bridgehead atoms. The second-order valence-corrected chi connectivity index (χ2v) is 15.3. The molecule has 2 aromatic rings. The fraction of sp³-hybridized carbons (Fsp3) is 0.595. The topological polar surface area (TPSA) is 175 Å². The zero-order chi connectivity index (χ0) is 40.9. The minimum Gasteiger partial charge on any atom is -0.443 e. The van der Waals surface area contributed by atoms with Gasteiger partial charge < -0.3 is 15.4 Å². The van der Waals surface area contributed by atoms with Crippen molar-refractivity contribution in [3.63, 3.8) is 0 Å². The Labute approximate surface area is 331 Å². The maximum Gasteiger partial charge on any atom is 0.415 e. The number of carbonyl (C=O) groups is 1. The first-order chi connectivity index (χ1) is 27.0. The van der Waals surface area contributed by atoms with Crippen LogP contribution in [0.1, 0.15) is 82.4 Å². The first-order valence-corrected chi connectivity index (χ1v) is 19.4. The van der Waals surface area contributed by atoms with E-state index in [9.17, 15) is 24.0 Å². The number of ether oxygens (including phenoxy) is 1. The third kappa shape index (κ3) is 14.3. The van der Waals surface area contributed by atoms with Gasteiger partial charge in [-0.05, 0) is 110 Å². The highest BCUT2D eigenvalue weighted by molar-refractivity contribution is 5.91. The largest absolute Gasteiger partial charge is 0.443 e. The summed E-state index contributed by atoms with van der Waals surface area (Å²) in [6.07, 6.45) is 15.5. The number of fused-ring (bicyclic) bond motifs is 2. The number of para-hydroxylation sites is 1. The number of nitrogens with one attached hydrogen (secondary N) is 2. The number of carbonyl (C=O) groups excluding carboxylic acids is 5. The van der Waals surface area contributed by atoms with E-state index in [1.165, 1.54) is 36.5 Å². The molecule has 2 aromatic carbocycles. The molecule has 2 aliphatic carbocycles. The van der Waals surface area contributed by atoms with Crippen molar-refractivity contribution in [3.8, 4) is 0 Å². The van der Waals surface area contributed by atoms with Crippen LogP contribution in [0.15, 0.2) is 68.5 Å². The van der Waals surface area contributed by atoms with E-state index in [4.69, 9.17) is 4.74 Å². The Balaban J connectivity index is 0.000000208. The van der Waals surface area contributed by atoms with E-state index in [1.54, 1.807) is 23.1 Å². The average molecular weight is 771 g/mol. The summed E-state index contributed by atoms with van der Waals surface area (Å²) in [6.45, 7) is 7.20. The van der Waals surface area contributed by atoms with Crippen LogP contribution in [0, 0.1) is 0 Å². The van der Waals surface area contributed by atoms with E-state index < -0.39 is 11.7 Å². The summed E-state index contributed by atoms with van der Waals surface area (Å²) in [5, 5.41) is 6.29. The van der Waals surface area contributed by atoms with Gasteiger partial charge in [0.05, 0.1) is 36.9 Å². The summed E-state index contributed by atoms with van der Waals surface area (Å²) in [4.78, 5) is 71.3. The van der Waals surface area contributed by atoms with Gasteiger partial charge in [0.1, 0.15) is 5.60 Å². The normalized spacial score (nSPS) is 23.4. The second-order valence-electron chi connectivity index (χ2n) is 15.3. The molecule has 0 saturated heterocycles. The Kier molecular flexibility index (Phi) is 19.4. The molecule has 2 heterocycles. The number of aliphatic imine (C=N–C) groups is 4. The van der Waals surface area contributed by atoms with E-state index in [1.807, 2.05) is 59.1 Å². The number of hydrogen-bond donors (Lipinski definition) is 2. The van der Waals surface area contributed by atoms with E-state index in [0.29, 0.717) is 31.1 Å². The number of anilines is 1. The lowest BCUT2D eigenvalue weighted by molar-refractivity contribution is 0.0570. The van der Waals surface area contributed by atoms with Crippen molar-refractivity contribution in [2.24, 2.45) is 20.0 Å². The summed E-state index contributed by atoms with van der Waals surface area (Å²) in [5.41, 5.74) is 4.08.